The van der Waals surface area contributed by atoms with Crippen molar-refractivity contribution in [3.05, 3.63) is 24.3 Å². The van der Waals surface area contributed by atoms with Gasteiger partial charge in [-0.3, -0.25) is 4.90 Å². The number of nitrogens with zero attached hydrogens (tertiary/aromatic N) is 1. The van der Waals surface area contributed by atoms with E-state index in [1.807, 2.05) is 18.2 Å². The normalized spacial score (nSPS) is 18.7. The van der Waals surface area contributed by atoms with Crippen LogP contribution in [-0.4, -0.2) is 18.7 Å². The van der Waals surface area contributed by atoms with Crippen LogP contribution in [0.15, 0.2) is 24.3 Å². The van der Waals surface area contributed by atoms with E-state index in [2.05, 4.69) is 6.92 Å². The van der Waals surface area contributed by atoms with Crippen LogP contribution in [0, 0.1) is 0 Å². The van der Waals surface area contributed by atoms with Gasteiger partial charge >= 0.3 is 6.09 Å². The summed E-state index contributed by atoms with van der Waals surface area (Å²) in [5.41, 5.74) is 7.27. The lowest BCUT2D eigenvalue weighted by Crippen LogP contribution is -2.25. The molecule has 0 saturated carbocycles. The number of carbonyl (C=O) groups excluding carboxylic acids is 1. The Morgan fingerprint density at radius 1 is 1.32 bits per heavy atom. The third-order valence-corrected chi connectivity index (χ3v) is 3.48. The molecule has 1 amide bonds. The molecule has 1 heterocycles. The van der Waals surface area contributed by atoms with E-state index < -0.39 is 0 Å². The van der Waals surface area contributed by atoms with E-state index in [1.165, 1.54) is 19.3 Å². The van der Waals surface area contributed by atoms with Crippen molar-refractivity contribution in [2.45, 2.75) is 45.1 Å². The number of nitrogen functional groups attached to an aromatic ring is 1. The first-order chi connectivity index (χ1) is 9.22. The molecule has 1 aromatic rings. The summed E-state index contributed by atoms with van der Waals surface area (Å²) >= 11 is 0. The molecule has 2 N–H and O–H groups in total. The van der Waals surface area contributed by atoms with Gasteiger partial charge in [-0.15, -0.1) is 0 Å². The molecule has 4 heteroatoms. The molecule has 1 atom stereocenters. The van der Waals surface area contributed by atoms with Crippen LogP contribution in [0.2, 0.25) is 0 Å². The minimum atomic E-state index is -0.279. The molecule has 1 fully saturated rings. The van der Waals surface area contributed by atoms with Gasteiger partial charge in [0.2, 0.25) is 0 Å². The first-order valence-corrected chi connectivity index (χ1v) is 7.05. The van der Waals surface area contributed by atoms with Gasteiger partial charge < -0.3 is 10.5 Å². The summed E-state index contributed by atoms with van der Waals surface area (Å²) in [6.07, 6.45) is 5.45. The zero-order chi connectivity index (χ0) is 13.7. The first kappa shape index (κ1) is 13.7. The van der Waals surface area contributed by atoms with E-state index in [0.29, 0.717) is 12.2 Å². The molecule has 1 aliphatic rings. The third-order valence-electron chi connectivity index (χ3n) is 3.48. The molecule has 0 spiro atoms. The maximum Gasteiger partial charge on any atom is 0.414 e. The molecule has 0 aromatic heterocycles. The first-order valence-electron chi connectivity index (χ1n) is 7.05. The summed E-state index contributed by atoms with van der Waals surface area (Å²) in [5.74, 6) is 0. The van der Waals surface area contributed by atoms with Crippen LogP contribution in [0.25, 0.3) is 0 Å². The van der Waals surface area contributed by atoms with Crippen molar-refractivity contribution in [3.63, 3.8) is 0 Å². The van der Waals surface area contributed by atoms with Crippen molar-refractivity contribution in [2.75, 3.05) is 17.2 Å². The third kappa shape index (κ3) is 3.40. The minimum absolute atomic E-state index is 0.00367. The van der Waals surface area contributed by atoms with Crippen LogP contribution < -0.4 is 10.6 Å². The highest BCUT2D eigenvalue weighted by Crippen LogP contribution is 2.28. The molecule has 1 unspecified atom stereocenters. The van der Waals surface area contributed by atoms with Crippen molar-refractivity contribution >= 4 is 17.5 Å². The van der Waals surface area contributed by atoms with E-state index in [4.69, 9.17) is 10.5 Å². The predicted octanol–water partition coefficient (Wildman–Crippen LogP) is 3.56. The Labute approximate surface area is 114 Å². The van der Waals surface area contributed by atoms with Crippen LogP contribution in [0.3, 0.4) is 0 Å². The molecule has 0 bridgehead atoms. The Hall–Kier alpha value is -1.71. The smallest absolute Gasteiger partial charge is 0.414 e. The van der Waals surface area contributed by atoms with Gasteiger partial charge in [0.25, 0.3) is 0 Å². The van der Waals surface area contributed by atoms with E-state index in [1.54, 1.807) is 11.0 Å². The summed E-state index contributed by atoms with van der Waals surface area (Å²) in [6, 6.07) is 7.41. The van der Waals surface area contributed by atoms with E-state index in [0.717, 1.165) is 18.5 Å². The number of benzene rings is 1. The number of hydrogen-bond donors (Lipinski definition) is 1. The lowest BCUT2D eigenvalue weighted by Gasteiger charge is -2.15. The average molecular weight is 262 g/mol. The number of nitrogens with two attached hydrogens (primary N) is 1. The quantitative estimate of drug-likeness (QED) is 0.630. The molecular weight excluding hydrogens is 240 g/mol. The zero-order valence-corrected chi connectivity index (χ0v) is 11.5. The molecule has 1 aliphatic heterocycles. The second kappa shape index (κ2) is 6.45. The highest BCUT2D eigenvalue weighted by molar-refractivity contribution is 5.93. The number of hydrogen-bond acceptors (Lipinski definition) is 3. The van der Waals surface area contributed by atoms with Gasteiger partial charge in [-0.2, -0.15) is 0 Å². The number of carbonyl (C=O) groups is 1. The Morgan fingerprint density at radius 2 is 2.11 bits per heavy atom. The molecular formula is C15H22N2O2. The maximum absolute atomic E-state index is 11.9. The number of cyclic esters (lactones) is 1. The van der Waals surface area contributed by atoms with Crippen LogP contribution in [0.5, 0.6) is 0 Å². The fourth-order valence-corrected chi connectivity index (χ4v) is 2.40. The monoisotopic (exact) mass is 262 g/mol. The van der Waals surface area contributed by atoms with Crippen molar-refractivity contribution in [2.24, 2.45) is 0 Å². The van der Waals surface area contributed by atoms with Gasteiger partial charge in [-0.05, 0) is 25.0 Å². The van der Waals surface area contributed by atoms with Crippen molar-refractivity contribution in [1.29, 1.82) is 0 Å². The minimum Gasteiger partial charge on any atom is -0.444 e. The number of ether oxygens (including phenoxy) is 1. The van der Waals surface area contributed by atoms with Gasteiger partial charge in [-0.25, -0.2) is 4.79 Å². The average Bonchev–Trinajstić information content (AvgIpc) is 2.76. The second-order valence-corrected chi connectivity index (χ2v) is 5.02. The highest BCUT2D eigenvalue weighted by Gasteiger charge is 2.32. The Balaban J connectivity index is 1.91. The number of rotatable bonds is 6. The van der Waals surface area contributed by atoms with E-state index >= 15 is 0 Å². The zero-order valence-electron chi connectivity index (χ0n) is 11.5. The summed E-state index contributed by atoms with van der Waals surface area (Å²) in [6.45, 7) is 2.80. The standard InChI is InChI=1S/C15H22N2O2/c1-2-3-4-5-8-12-11-17(15(18)19-12)14-10-7-6-9-13(14)16/h6-7,9-10,12H,2-5,8,11,16H2,1H3. The molecule has 0 radical (unpaired) electrons. The van der Waals surface area contributed by atoms with E-state index in [9.17, 15) is 4.79 Å². The van der Waals surface area contributed by atoms with Gasteiger partial charge in [-0.1, -0.05) is 38.3 Å². The van der Waals surface area contributed by atoms with Crippen LogP contribution in [-0.2, 0) is 4.74 Å². The molecule has 0 aliphatic carbocycles. The van der Waals surface area contributed by atoms with Crippen molar-refractivity contribution in [3.8, 4) is 0 Å². The largest absolute Gasteiger partial charge is 0.444 e. The van der Waals surface area contributed by atoms with Crippen LogP contribution in [0.4, 0.5) is 16.2 Å². The molecule has 1 aromatic carbocycles. The summed E-state index contributed by atoms with van der Waals surface area (Å²) < 4.78 is 5.40. The van der Waals surface area contributed by atoms with Crippen molar-refractivity contribution in [1.82, 2.24) is 0 Å². The number of unbranched alkanes of at least 4 members (excludes halogenated alkanes) is 3. The summed E-state index contributed by atoms with van der Waals surface area (Å²) in [4.78, 5) is 13.5. The second-order valence-electron chi connectivity index (χ2n) is 5.02. The Morgan fingerprint density at radius 3 is 2.84 bits per heavy atom. The molecule has 104 valence electrons. The SMILES string of the molecule is CCCCCCC1CN(c2ccccc2N)C(=O)O1. The van der Waals surface area contributed by atoms with Gasteiger partial charge in [0.05, 0.1) is 17.9 Å². The lowest BCUT2D eigenvalue weighted by molar-refractivity contribution is 0.135. The predicted molar refractivity (Wildman–Crippen MR) is 77.2 cm³/mol. The Kier molecular flexibility index (Phi) is 4.66. The molecule has 1 saturated heterocycles. The lowest BCUT2D eigenvalue weighted by atomic mass is 10.1. The van der Waals surface area contributed by atoms with E-state index in [-0.39, 0.29) is 12.2 Å². The van der Waals surface area contributed by atoms with Gasteiger partial charge in [0.1, 0.15) is 6.10 Å². The number of para-hydroxylation sites is 2. The number of anilines is 2. The summed E-state index contributed by atoms with van der Waals surface area (Å²) in [7, 11) is 0. The van der Waals surface area contributed by atoms with Gasteiger partial charge in [0.15, 0.2) is 0 Å². The highest BCUT2D eigenvalue weighted by atomic mass is 16.6. The fraction of sp³-hybridized carbons (Fsp3) is 0.533. The molecule has 19 heavy (non-hydrogen) atoms. The molecule has 4 nitrogen and oxygen atoms in total. The fourth-order valence-electron chi connectivity index (χ4n) is 2.40. The van der Waals surface area contributed by atoms with Crippen molar-refractivity contribution < 1.29 is 9.53 Å². The van der Waals surface area contributed by atoms with Gasteiger partial charge in [0, 0.05) is 0 Å². The van der Waals surface area contributed by atoms with Crippen LogP contribution >= 0.6 is 0 Å². The maximum atomic E-state index is 11.9. The van der Waals surface area contributed by atoms with Crippen LogP contribution in [0.1, 0.15) is 39.0 Å². The number of amides is 1. The molecule has 2 rings (SSSR count). The summed E-state index contributed by atoms with van der Waals surface area (Å²) in [5, 5.41) is 0. The Bertz CT molecular complexity index is 434. The topological polar surface area (TPSA) is 55.6 Å².